The van der Waals surface area contributed by atoms with Gasteiger partial charge in [-0.15, -0.1) is 0 Å². The number of aliphatic hydroxyl groups is 1. The summed E-state index contributed by atoms with van der Waals surface area (Å²) in [5.41, 5.74) is 0. The molecule has 3 unspecified atom stereocenters. The quantitative estimate of drug-likeness (QED) is 0.612. The Kier molecular flexibility index (Phi) is 8.60. The van der Waals surface area contributed by atoms with E-state index in [1.165, 1.54) is 0 Å². The lowest BCUT2D eigenvalue weighted by Gasteiger charge is -2.35. The van der Waals surface area contributed by atoms with Crippen molar-refractivity contribution in [3.05, 3.63) is 0 Å². The summed E-state index contributed by atoms with van der Waals surface area (Å²) in [6, 6.07) is 0. The van der Waals surface area contributed by atoms with Gasteiger partial charge in [0.05, 0.1) is 12.2 Å². The largest absolute Gasteiger partial charge is 0.381 e. The zero-order valence-electron chi connectivity index (χ0n) is 13.3. The van der Waals surface area contributed by atoms with Crippen LogP contribution in [-0.2, 0) is 9.47 Å². The molecule has 0 aromatic rings. The number of β-amino-alcohol motifs (C(OH)–C–C–N with tert-alkyl or cyclic N) is 1. The van der Waals surface area contributed by atoms with Gasteiger partial charge in [0.15, 0.2) is 0 Å². The lowest BCUT2D eigenvalue weighted by Crippen LogP contribution is -2.49. The van der Waals surface area contributed by atoms with E-state index < -0.39 is 6.23 Å². The van der Waals surface area contributed by atoms with E-state index in [9.17, 15) is 5.11 Å². The normalized spacial score (nSPS) is 27.1. The van der Waals surface area contributed by atoms with E-state index in [0.717, 1.165) is 32.7 Å². The molecule has 0 aromatic heterocycles. The molecule has 3 atom stereocenters. The predicted molar refractivity (Wildman–Crippen MR) is 79.8 cm³/mol. The summed E-state index contributed by atoms with van der Waals surface area (Å²) in [5, 5.41) is 16.9. The first-order valence-electron chi connectivity index (χ1n) is 7.49. The van der Waals surface area contributed by atoms with Crippen LogP contribution in [0.25, 0.3) is 0 Å². The van der Waals surface area contributed by atoms with Crippen LogP contribution in [0.5, 0.6) is 0 Å². The molecule has 20 heavy (non-hydrogen) atoms. The van der Waals surface area contributed by atoms with Gasteiger partial charge in [-0.25, -0.2) is 0 Å². The van der Waals surface area contributed by atoms with E-state index in [0.29, 0.717) is 6.54 Å². The summed E-state index contributed by atoms with van der Waals surface area (Å²) in [4.78, 5) is 2.10. The first kappa shape index (κ1) is 17.8. The zero-order valence-corrected chi connectivity index (χ0v) is 13.3. The van der Waals surface area contributed by atoms with E-state index in [2.05, 4.69) is 29.4 Å². The van der Waals surface area contributed by atoms with Crippen LogP contribution in [0.15, 0.2) is 0 Å². The highest BCUT2D eigenvalue weighted by Crippen LogP contribution is 2.17. The van der Waals surface area contributed by atoms with Crippen LogP contribution >= 0.6 is 0 Å². The van der Waals surface area contributed by atoms with Crippen LogP contribution in [-0.4, -0.2) is 81.9 Å². The zero-order chi connectivity index (χ0) is 15.0. The molecule has 0 bridgehead atoms. The van der Waals surface area contributed by atoms with Crippen molar-refractivity contribution >= 4 is 0 Å². The Morgan fingerprint density at radius 2 is 1.70 bits per heavy atom. The maximum Gasteiger partial charge on any atom is 0.120 e. The number of hydrogen-bond donors (Lipinski definition) is 3. The van der Waals surface area contributed by atoms with Crippen molar-refractivity contribution in [1.29, 1.82) is 0 Å². The van der Waals surface area contributed by atoms with Gasteiger partial charge < -0.3 is 25.2 Å². The smallest absolute Gasteiger partial charge is 0.120 e. The highest BCUT2D eigenvalue weighted by molar-refractivity contribution is 4.79. The Balaban J connectivity index is 2.66. The van der Waals surface area contributed by atoms with Gasteiger partial charge in [-0.1, -0.05) is 0 Å². The summed E-state index contributed by atoms with van der Waals surface area (Å²) in [6.45, 7) is 8.99. The van der Waals surface area contributed by atoms with E-state index in [1.807, 2.05) is 0 Å². The standard InChI is InChI=1S/C14H31N3O3/c1-11(19-3)13(12(2)20-4)10-17-8-7-15-5-6-16-9-14(17)18/h11-16,18H,5-10H2,1-4H3. The number of aliphatic hydroxyl groups excluding tert-OH is 1. The summed E-state index contributed by atoms with van der Waals surface area (Å²) >= 11 is 0. The first-order chi connectivity index (χ1) is 9.60. The van der Waals surface area contributed by atoms with Crippen molar-refractivity contribution in [2.45, 2.75) is 32.3 Å². The molecule has 1 heterocycles. The Hall–Kier alpha value is -0.240. The van der Waals surface area contributed by atoms with Gasteiger partial charge in [0.25, 0.3) is 0 Å². The van der Waals surface area contributed by atoms with Gasteiger partial charge in [0.1, 0.15) is 6.23 Å². The number of nitrogens with one attached hydrogen (secondary N) is 2. The predicted octanol–water partition coefficient (Wildman–Crippen LogP) is -0.514. The third kappa shape index (κ3) is 5.63. The maximum atomic E-state index is 10.3. The van der Waals surface area contributed by atoms with Crippen molar-refractivity contribution in [3.63, 3.8) is 0 Å². The van der Waals surface area contributed by atoms with Crippen LogP contribution in [0.1, 0.15) is 13.8 Å². The molecule has 120 valence electrons. The minimum atomic E-state index is -0.467. The van der Waals surface area contributed by atoms with E-state index in [1.54, 1.807) is 14.2 Å². The van der Waals surface area contributed by atoms with Crippen molar-refractivity contribution in [3.8, 4) is 0 Å². The highest BCUT2D eigenvalue weighted by atomic mass is 16.5. The molecule has 0 spiro atoms. The molecule has 1 saturated heterocycles. The number of ether oxygens (including phenoxy) is 2. The molecule has 0 aromatic carbocycles. The van der Waals surface area contributed by atoms with Crippen molar-refractivity contribution in [2.75, 3.05) is 53.5 Å². The van der Waals surface area contributed by atoms with Crippen LogP contribution in [0.2, 0.25) is 0 Å². The van der Waals surface area contributed by atoms with Crippen molar-refractivity contribution in [2.24, 2.45) is 5.92 Å². The number of nitrogens with zero attached hydrogens (tertiary/aromatic N) is 1. The molecule has 1 fully saturated rings. The number of rotatable bonds is 6. The summed E-state index contributed by atoms with van der Waals surface area (Å²) < 4.78 is 10.9. The Labute approximate surface area is 122 Å². The number of methoxy groups -OCH3 is 2. The lowest BCUT2D eigenvalue weighted by atomic mass is 9.96. The Morgan fingerprint density at radius 3 is 2.30 bits per heavy atom. The topological polar surface area (TPSA) is 66.0 Å². The van der Waals surface area contributed by atoms with Gasteiger partial charge >= 0.3 is 0 Å². The third-order valence-electron chi connectivity index (χ3n) is 4.20. The van der Waals surface area contributed by atoms with Gasteiger partial charge in [-0.3, -0.25) is 4.90 Å². The Bertz CT molecular complexity index is 246. The fourth-order valence-electron chi connectivity index (χ4n) is 2.55. The number of hydrogen-bond acceptors (Lipinski definition) is 6. The SMILES string of the molecule is COC(C)C(CN1CCNCCNCC1O)C(C)OC. The van der Waals surface area contributed by atoms with E-state index in [4.69, 9.17) is 9.47 Å². The van der Waals surface area contributed by atoms with Crippen LogP contribution < -0.4 is 10.6 Å². The van der Waals surface area contributed by atoms with Gasteiger partial charge in [-0.2, -0.15) is 0 Å². The first-order valence-corrected chi connectivity index (χ1v) is 7.49. The maximum absolute atomic E-state index is 10.3. The molecule has 3 N–H and O–H groups in total. The molecule has 0 amide bonds. The monoisotopic (exact) mass is 289 g/mol. The second kappa shape index (κ2) is 9.65. The van der Waals surface area contributed by atoms with Gasteiger partial charge in [-0.05, 0) is 13.8 Å². The molecular formula is C14H31N3O3. The summed E-state index contributed by atoms with van der Waals surface area (Å²) in [7, 11) is 3.44. The van der Waals surface area contributed by atoms with Gasteiger partial charge in [0.2, 0.25) is 0 Å². The molecular weight excluding hydrogens is 258 g/mol. The molecule has 6 nitrogen and oxygen atoms in total. The fourth-order valence-corrected chi connectivity index (χ4v) is 2.55. The Morgan fingerprint density at radius 1 is 1.10 bits per heavy atom. The minimum absolute atomic E-state index is 0.0886. The molecule has 0 radical (unpaired) electrons. The molecule has 0 aliphatic carbocycles. The molecule has 1 aliphatic heterocycles. The van der Waals surface area contributed by atoms with Crippen LogP contribution in [0.3, 0.4) is 0 Å². The second-order valence-corrected chi connectivity index (χ2v) is 5.48. The molecule has 0 saturated carbocycles. The van der Waals surface area contributed by atoms with Crippen molar-refractivity contribution in [1.82, 2.24) is 15.5 Å². The summed E-state index contributed by atoms with van der Waals surface area (Å²) in [5.74, 6) is 0.223. The molecule has 6 heteroatoms. The van der Waals surface area contributed by atoms with Gasteiger partial charge in [0, 0.05) is 59.4 Å². The van der Waals surface area contributed by atoms with Crippen molar-refractivity contribution < 1.29 is 14.6 Å². The average Bonchev–Trinajstić information content (AvgIpc) is 2.56. The highest BCUT2D eigenvalue weighted by Gasteiger charge is 2.28. The average molecular weight is 289 g/mol. The lowest BCUT2D eigenvalue weighted by molar-refractivity contribution is -0.0626. The van der Waals surface area contributed by atoms with E-state index in [-0.39, 0.29) is 18.1 Å². The third-order valence-corrected chi connectivity index (χ3v) is 4.20. The van der Waals surface area contributed by atoms with Crippen LogP contribution in [0, 0.1) is 5.92 Å². The van der Waals surface area contributed by atoms with Crippen LogP contribution in [0.4, 0.5) is 0 Å². The second-order valence-electron chi connectivity index (χ2n) is 5.48. The minimum Gasteiger partial charge on any atom is -0.381 e. The molecule has 1 aliphatic rings. The fraction of sp³-hybridized carbons (Fsp3) is 1.00. The summed E-state index contributed by atoms with van der Waals surface area (Å²) in [6.07, 6.45) is -0.290. The van der Waals surface area contributed by atoms with E-state index >= 15 is 0 Å². The molecule has 1 rings (SSSR count).